The number of hydrogen-bond donors (Lipinski definition) is 2. The Morgan fingerprint density at radius 2 is 2.28 bits per heavy atom. The van der Waals surface area contributed by atoms with Crippen LogP contribution in [0.15, 0.2) is 18.2 Å². The molecule has 96 valence electrons. The second-order valence-corrected chi connectivity index (χ2v) is 4.79. The molecule has 0 amide bonds. The Morgan fingerprint density at radius 1 is 1.44 bits per heavy atom. The zero-order chi connectivity index (χ0) is 13.0. The lowest BCUT2D eigenvalue weighted by Gasteiger charge is -2.28. The minimum atomic E-state index is 0.292. The molecule has 0 saturated heterocycles. The summed E-state index contributed by atoms with van der Waals surface area (Å²) in [6.07, 6.45) is 4.40. The van der Waals surface area contributed by atoms with Gasteiger partial charge in [0.25, 0.3) is 0 Å². The highest BCUT2D eigenvalue weighted by molar-refractivity contribution is 5.60. The van der Waals surface area contributed by atoms with Crippen LogP contribution in [-0.2, 0) is 0 Å². The van der Waals surface area contributed by atoms with Gasteiger partial charge in [0, 0.05) is 18.2 Å². The summed E-state index contributed by atoms with van der Waals surface area (Å²) in [5.41, 5.74) is 7.53. The minimum Gasteiger partial charge on any atom is -0.495 e. The fraction of sp³-hybridized carbons (Fsp3) is 0.500. The van der Waals surface area contributed by atoms with Crippen LogP contribution in [0.3, 0.4) is 0 Å². The quantitative estimate of drug-likeness (QED) is 0.856. The number of ether oxygens (including phenoxy) is 1. The molecule has 4 heteroatoms. The average Bonchev–Trinajstić information content (AvgIpc) is 2.39. The highest BCUT2D eigenvalue weighted by Crippen LogP contribution is 2.29. The van der Waals surface area contributed by atoms with Gasteiger partial charge in [-0.15, -0.1) is 0 Å². The Kier molecular flexibility index (Phi) is 4.06. The normalized spacial score (nSPS) is 23.2. The maximum absolute atomic E-state index is 8.86. The van der Waals surface area contributed by atoms with E-state index in [-0.39, 0.29) is 0 Å². The average molecular weight is 245 g/mol. The molecule has 1 fully saturated rings. The summed E-state index contributed by atoms with van der Waals surface area (Å²) in [6.45, 7) is 0. The van der Waals surface area contributed by atoms with E-state index >= 15 is 0 Å². The van der Waals surface area contributed by atoms with E-state index in [2.05, 4.69) is 11.4 Å². The number of nitrogens with two attached hydrogens (primary N) is 1. The molecule has 1 aliphatic carbocycles. The molecular weight excluding hydrogens is 226 g/mol. The van der Waals surface area contributed by atoms with Crippen molar-refractivity contribution in [1.82, 2.24) is 0 Å². The van der Waals surface area contributed by atoms with Crippen molar-refractivity contribution >= 4 is 5.69 Å². The monoisotopic (exact) mass is 245 g/mol. The van der Waals surface area contributed by atoms with Gasteiger partial charge in [-0.05, 0) is 37.8 Å². The van der Waals surface area contributed by atoms with Crippen LogP contribution >= 0.6 is 0 Å². The van der Waals surface area contributed by atoms with Gasteiger partial charge in [-0.2, -0.15) is 5.26 Å². The molecule has 0 aromatic heterocycles. The smallest absolute Gasteiger partial charge is 0.143 e. The summed E-state index contributed by atoms with van der Waals surface area (Å²) in [5.74, 6) is 0.716. The van der Waals surface area contributed by atoms with Crippen LogP contribution in [0.4, 0.5) is 5.69 Å². The number of nitrogens with one attached hydrogen (secondary N) is 1. The summed E-state index contributed by atoms with van der Waals surface area (Å²) in [7, 11) is 1.62. The number of hydrogen-bond acceptors (Lipinski definition) is 4. The highest BCUT2D eigenvalue weighted by atomic mass is 16.5. The molecule has 2 unspecified atom stereocenters. The third-order valence-electron chi connectivity index (χ3n) is 3.41. The molecule has 0 heterocycles. The summed E-state index contributed by atoms with van der Waals surface area (Å²) in [4.78, 5) is 0. The Hall–Kier alpha value is -1.73. The molecule has 2 rings (SSSR count). The second kappa shape index (κ2) is 5.74. The van der Waals surface area contributed by atoms with Crippen LogP contribution in [0, 0.1) is 11.3 Å². The number of methoxy groups -OCH3 is 1. The molecule has 4 nitrogen and oxygen atoms in total. The van der Waals surface area contributed by atoms with E-state index < -0.39 is 0 Å². The van der Waals surface area contributed by atoms with Crippen LogP contribution < -0.4 is 15.8 Å². The van der Waals surface area contributed by atoms with Gasteiger partial charge >= 0.3 is 0 Å². The second-order valence-electron chi connectivity index (χ2n) is 4.79. The van der Waals surface area contributed by atoms with Crippen molar-refractivity contribution in [3.05, 3.63) is 23.8 Å². The predicted octanol–water partition coefficient (Wildman–Crippen LogP) is 2.25. The van der Waals surface area contributed by atoms with E-state index in [0.717, 1.165) is 31.4 Å². The Labute approximate surface area is 108 Å². The first kappa shape index (κ1) is 12.7. The molecule has 0 radical (unpaired) electrons. The lowest BCUT2D eigenvalue weighted by molar-refractivity contribution is 0.400. The van der Waals surface area contributed by atoms with E-state index in [0.29, 0.717) is 23.4 Å². The third-order valence-corrected chi connectivity index (χ3v) is 3.41. The largest absolute Gasteiger partial charge is 0.495 e. The van der Waals surface area contributed by atoms with E-state index in [4.69, 9.17) is 15.7 Å². The topological polar surface area (TPSA) is 71.1 Å². The molecule has 1 aromatic rings. The van der Waals surface area contributed by atoms with Gasteiger partial charge in [0.2, 0.25) is 0 Å². The summed E-state index contributed by atoms with van der Waals surface area (Å²) in [5, 5.41) is 12.3. The van der Waals surface area contributed by atoms with E-state index in [1.54, 1.807) is 19.2 Å². The SMILES string of the molecule is COc1cc(C#N)ccc1NC1CCCC(N)C1. The number of nitriles is 1. The fourth-order valence-corrected chi connectivity index (χ4v) is 2.46. The molecule has 1 aromatic carbocycles. The standard InChI is InChI=1S/C14H19N3O/c1-18-14-7-10(9-15)5-6-13(14)17-12-4-2-3-11(16)8-12/h5-7,11-12,17H,2-4,8,16H2,1H3. The first-order valence-corrected chi connectivity index (χ1v) is 6.33. The van der Waals surface area contributed by atoms with Gasteiger partial charge < -0.3 is 15.8 Å². The fourth-order valence-electron chi connectivity index (χ4n) is 2.46. The molecule has 0 aliphatic heterocycles. The van der Waals surface area contributed by atoms with Crippen molar-refractivity contribution in [2.45, 2.75) is 37.8 Å². The molecule has 1 saturated carbocycles. The lowest BCUT2D eigenvalue weighted by Crippen LogP contribution is -2.34. The molecule has 18 heavy (non-hydrogen) atoms. The van der Waals surface area contributed by atoms with Crippen molar-refractivity contribution in [1.29, 1.82) is 5.26 Å². The molecule has 0 spiro atoms. The lowest BCUT2D eigenvalue weighted by atomic mass is 9.91. The van der Waals surface area contributed by atoms with Gasteiger partial charge in [0.15, 0.2) is 0 Å². The summed E-state index contributed by atoms with van der Waals surface area (Å²) in [6, 6.07) is 8.26. The zero-order valence-corrected chi connectivity index (χ0v) is 10.6. The maximum atomic E-state index is 8.86. The number of benzene rings is 1. The predicted molar refractivity (Wildman–Crippen MR) is 71.6 cm³/mol. The van der Waals surface area contributed by atoms with Crippen LogP contribution in [-0.4, -0.2) is 19.2 Å². The van der Waals surface area contributed by atoms with Gasteiger partial charge in [-0.3, -0.25) is 0 Å². The number of nitrogens with zero attached hydrogens (tertiary/aromatic N) is 1. The number of rotatable bonds is 3. The maximum Gasteiger partial charge on any atom is 0.143 e. The molecule has 2 atom stereocenters. The van der Waals surface area contributed by atoms with Crippen molar-refractivity contribution in [3.8, 4) is 11.8 Å². The van der Waals surface area contributed by atoms with Crippen molar-refractivity contribution in [2.75, 3.05) is 12.4 Å². The van der Waals surface area contributed by atoms with Crippen molar-refractivity contribution < 1.29 is 4.74 Å². The van der Waals surface area contributed by atoms with Crippen LogP contribution in [0.25, 0.3) is 0 Å². The van der Waals surface area contributed by atoms with E-state index in [1.165, 1.54) is 0 Å². The van der Waals surface area contributed by atoms with Crippen LogP contribution in [0.5, 0.6) is 5.75 Å². The van der Waals surface area contributed by atoms with Gasteiger partial charge in [0.1, 0.15) is 5.75 Å². The summed E-state index contributed by atoms with van der Waals surface area (Å²) >= 11 is 0. The molecule has 3 N–H and O–H groups in total. The Morgan fingerprint density at radius 3 is 2.94 bits per heavy atom. The van der Waals surface area contributed by atoms with Crippen molar-refractivity contribution in [2.24, 2.45) is 5.73 Å². The first-order chi connectivity index (χ1) is 8.72. The van der Waals surface area contributed by atoms with Gasteiger partial charge in [-0.25, -0.2) is 0 Å². The summed E-state index contributed by atoms with van der Waals surface area (Å²) < 4.78 is 5.31. The number of anilines is 1. The molecule has 1 aliphatic rings. The van der Waals surface area contributed by atoms with Crippen molar-refractivity contribution in [3.63, 3.8) is 0 Å². The Balaban J connectivity index is 2.11. The first-order valence-electron chi connectivity index (χ1n) is 6.33. The van der Waals surface area contributed by atoms with Crippen LogP contribution in [0.2, 0.25) is 0 Å². The molecular formula is C14H19N3O. The third kappa shape index (κ3) is 2.93. The zero-order valence-electron chi connectivity index (χ0n) is 10.6. The minimum absolute atomic E-state index is 0.292. The Bertz CT molecular complexity index is 453. The molecule has 0 bridgehead atoms. The highest BCUT2D eigenvalue weighted by Gasteiger charge is 2.19. The van der Waals surface area contributed by atoms with E-state index in [1.807, 2.05) is 6.07 Å². The van der Waals surface area contributed by atoms with E-state index in [9.17, 15) is 0 Å². The van der Waals surface area contributed by atoms with Crippen LogP contribution in [0.1, 0.15) is 31.2 Å². The van der Waals surface area contributed by atoms with Gasteiger partial charge in [0.05, 0.1) is 24.4 Å². The van der Waals surface area contributed by atoms with Gasteiger partial charge in [-0.1, -0.05) is 0 Å².